The first-order valence-corrected chi connectivity index (χ1v) is 10.8. The van der Waals surface area contributed by atoms with Gasteiger partial charge in [-0.2, -0.15) is 0 Å². The molecule has 3 rings (SSSR count). The molecule has 144 valence electrons. The van der Waals surface area contributed by atoms with Crippen LogP contribution in [0.3, 0.4) is 0 Å². The molecule has 0 fully saturated rings. The van der Waals surface area contributed by atoms with E-state index in [4.69, 9.17) is 28.2 Å². The average molecular weight is 421 g/mol. The number of thiazole rings is 1. The van der Waals surface area contributed by atoms with Crippen molar-refractivity contribution in [1.82, 2.24) is 4.98 Å². The Balaban J connectivity index is 0.00000126. The number of hydrogen-bond acceptors (Lipinski definition) is 3. The molecular weight excluding hydrogens is 395 g/mol. The van der Waals surface area contributed by atoms with Crippen LogP contribution in [0.25, 0.3) is 11.3 Å². The minimum atomic E-state index is 0.557. The Morgan fingerprint density at radius 1 is 1.00 bits per heavy atom. The quantitative estimate of drug-likeness (QED) is 0.437. The highest BCUT2D eigenvalue weighted by molar-refractivity contribution is 7.16. The van der Waals surface area contributed by atoms with E-state index in [1.807, 2.05) is 50.2 Å². The molecule has 0 aliphatic rings. The van der Waals surface area contributed by atoms with E-state index in [1.165, 1.54) is 10.4 Å². The van der Waals surface area contributed by atoms with E-state index < -0.39 is 0 Å². The van der Waals surface area contributed by atoms with Gasteiger partial charge in [-0.3, -0.25) is 0 Å². The second-order valence-corrected chi connectivity index (χ2v) is 8.25. The van der Waals surface area contributed by atoms with Gasteiger partial charge >= 0.3 is 0 Å². The summed E-state index contributed by atoms with van der Waals surface area (Å²) in [4.78, 5) is 6.09. The van der Waals surface area contributed by atoms with Crippen LogP contribution in [0.1, 0.15) is 38.1 Å². The Labute approximate surface area is 176 Å². The molecule has 1 heterocycles. The molecule has 0 unspecified atom stereocenters. The maximum absolute atomic E-state index is 6.20. The Morgan fingerprint density at radius 3 is 2.33 bits per heavy atom. The molecule has 0 spiro atoms. The Bertz CT molecular complexity index is 845. The molecule has 0 radical (unpaired) electrons. The first-order chi connectivity index (χ1) is 13.0. The zero-order valence-electron chi connectivity index (χ0n) is 16.2. The van der Waals surface area contributed by atoms with Crippen molar-refractivity contribution in [1.29, 1.82) is 0 Å². The molecule has 5 heteroatoms. The number of rotatable bonds is 6. The predicted octanol–water partition coefficient (Wildman–Crippen LogP) is 7.95. The lowest BCUT2D eigenvalue weighted by atomic mass is 10.0. The molecular formula is C22H26Cl2N2S. The summed E-state index contributed by atoms with van der Waals surface area (Å²) in [5, 5.41) is 5.49. The predicted molar refractivity (Wildman–Crippen MR) is 121 cm³/mol. The van der Waals surface area contributed by atoms with Gasteiger partial charge in [0.05, 0.1) is 15.7 Å². The first-order valence-electron chi connectivity index (χ1n) is 9.26. The molecule has 3 aromatic rings. The van der Waals surface area contributed by atoms with Crippen molar-refractivity contribution in [2.75, 3.05) is 5.32 Å². The molecule has 2 nitrogen and oxygen atoms in total. The molecule has 0 atom stereocenters. The molecule has 2 aromatic carbocycles. The van der Waals surface area contributed by atoms with Crippen LogP contribution in [-0.4, -0.2) is 4.98 Å². The van der Waals surface area contributed by atoms with Crippen molar-refractivity contribution >= 4 is 39.7 Å². The van der Waals surface area contributed by atoms with Crippen molar-refractivity contribution in [3.63, 3.8) is 0 Å². The van der Waals surface area contributed by atoms with Crippen molar-refractivity contribution < 1.29 is 0 Å². The van der Waals surface area contributed by atoms with Crippen LogP contribution < -0.4 is 5.32 Å². The molecule has 0 bridgehead atoms. The molecule has 1 N–H and O–H groups in total. The summed E-state index contributed by atoms with van der Waals surface area (Å²) in [5.41, 5.74) is 3.24. The molecule has 1 aromatic heterocycles. The van der Waals surface area contributed by atoms with Crippen LogP contribution in [0.2, 0.25) is 10.0 Å². The van der Waals surface area contributed by atoms with Crippen LogP contribution in [0.4, 0.5) is 5.13 Å². The van der Waals surface area contributed by atoms with Crippen molar-refractivity contribution in [3.05, 3.63) is 69.0 Å². The maximum Gasteiger partial charge on any atom is 0.183 e. The third-order valence-corrected chi connectivity index (χ3v) is 5.55. The molecule has 0 saturated heterocycles. The number of nitrogens with one attached hydrogen (secondary N) is 1. The lowest BCUT2D eigenvalue weighted by molar-refractivity contribution is 0.654. The second kappa shape index (κ2) is 10.7. The molecule has 0 aliphatic carbocycles. The second-order valence-electron chi connectivity index (χ2n) is 6.36. The molecule has 0 saturated carbocycles. The third-order valence-electron chi connectivity index (χ3n) is 3.77. The van der Waals surface area contributed by atoms with E-state index in [9.17, 15) is 0 Å². The summed E-state index contributed by atoms with van der Waals surface area (Å²) in [6.07, 6.45) is 0.986. The normalized spacial score (nSPS) is 10.5. The van der Waals surface area contributed by atoms with Gasteiger partial charge in [-0.15, -0.1) is 11.3 Å². The van der Waals surface area contributed by atoms with E-state index in [1.54, 1.807) is 11.3 Å². The van der Waals surface area contributed by atoms with Crippen molar-refractivity contribution in [2.24, 2.45) is 5.92 Å². The summed E-state index contributed by atoms with van der Waals surface area (Å²) in [7, 11) is 0. The zero-order chi connectivity index (χ0) is 19.8. The van der Waals surface area contributed by atoms with Gasteiger partial charge in [-0.05, 0) is 30.0 Å². The summed E-state index contributed by atoms with van der Waals surface area (Å²) < 4.78 is 0. The van der Waals surface area contributed by atoms with Gasteiger partial charge in [0, 0.05) is 17.0 Å². The smallest absolute Gasteiger partial charge is 0.183 e. The van der Waals surface area contributed by atoms with Gasteiger partial charge in [0.25, 0.3) is 0 Å². The molecule has 0 amide bonds. The fourth-order valence-corrected chi connectivity index (χ4v) is 4.07. The number of aromatic nitrogens is 1. The summed E-state index contributed by atoms with van der Waals surface area (Å²) in [5.74, 6) is 0.559. The molecule has 0 aliphatic heterocycles. The first kappa shape index (κ1) is 21.7. The average Bonchev–Trinajstić information content (AvgIpc) is 3.07. The van der Waals surface area contributed by atoms with Crippen LogP contribution >= 0.6 is 34.5 Å². The summed E-state index contributed by atoms with van der Waals surface area (Å²) in [6, 6.07) is 16.0. The Morgan fingerprint density at radius 2 is 1.70 bits per heavy atom. The number of halogens is 2. The van der Waals surface area contributed by atoms with E-state index in [2.05, 4.69) is 31.3 Å². The van der Waals surface area contributed by atoms with E-state index in [-0.39, 0.29) is 0 Å². The highest BCUT2D eigenvalue weighted by atomic mass is 35.5. The maximum atomic E-state index is 6.20. The largest absolute Gasteiger partial charge is 0.357 e. The number of hydrogen-bond donors (Lipinski definition) is 1. The standard InChI is InChI=1S/C20H20Cl2N2S.C2H6/c1-13(2)10-18-19(15-8-9-16(21)17(22)11-15)24-20(25-18)23-12-14-6-4-3-5-7-14;1-2/h3-9,11,13H,10,12H2,1-2H3,(H,23,24);1-2H3. The van der Waals surface area contributed by atoms with Gasteiger partial charge in [0.15, 0.2) is 5.13 Å². The lowest BCUT2D eigenvalue weighted by Gasteiger charge is -2.06. The van der Waals surface area contributed by atoms with Gasteiger partial charge < -0.3 is 5.32 Å². The number of nitrogens with zero attached hydrogens (tertiary/aromatic N) is 1. The number of anilines is 1. The minimum Gasteiger partial charge on any atom is -0.357 e. The highest BCUT2D eigenvalue weighted by Gasteiger charge is 2.15. The van der Waals surface area contributed by atoms with Crippen LogP contribution in [0.15, 0.2) is 48.5 Å². The van der Waals surface area contributed by atoms with Crippen LogP contribution in [-0.2, 0) is 13.0 Å². The monoisotopic (exact) mass is 420 g/mol. The lowest BCUT2D eigenvalue weighted by Crippen LogP contribution is -1.98. The Hall–Kier alpha value is -1.55. The fourth-order valence-electron chi connectivity index (χ4n) is 2.58. The summed E-state index contributed by atoms with van der Waals surface area (Å²) >= 11 is 14.0. The van der Waals surface area contributed by atoms with Crippen molar-refractivity contribution in [3.8, 4) is 11.3 Å². The topological polar surface area (TPSA) is 24.9 Å². The van der Waals surface area contributed by atoms with Gasteiger partial charge in [-0.25, -0.2) is 4.98 Å². The van der Waals surface area contributed by atoms with Gasteiger partial charge in [0.2, 0.25) is 0 Å². The van der Waals surface area contributed by atoms with Gasteiger partial charge in [0.1, 0.15) is 0 Å². The zero-order valence-corrected chi connectivity index (χ0v) is 18.6. The molecule has 27 heavy (non-hydrogen) atoms. The Kier molecular flexibility index (Phi) is 8.62. The number of benzene rings is 2. The van der Waals surface area contributed by atoms with E-state index in [0.717, 1.165) is 29.4 Å². The van der Waals surface area contributed by atoms with Crippen molar-refractivity contribution in [2.45, 2.75) is 40.7 Å². The fraction of sp³-hybridized carbons (Fsp3) is 0.318. The van der Waals surface area contributed by atoms with Crippen LogP contribution in [0.5, 0.6) is 0 Å². The summed E-state index contributed by atoms with van der Waals surface area (Å²) in [6.45, 7) is 9.20. The SMILES string of the molecule is CC.CC(C)Cc1sc(NCc2ccccc2)nc1-c1ccc(Cl)c(Cl)c1. The highest BCUT2D eigenvalue weighted by Crippen LogP contribution is 2.35. The minimum absolute atomic E-state index is 0.557. The van der Waals surface area contributed by atoms with E-state index in [0.29, 0.717) is 16.0 Å². The van der Waals surface area contributed by atoms with E-state index >= 15 is 0 Å². The third kappa shape index (κ3) is 6.24. The van der Waals surface area contributed by atoms with Crippen LogP contribution in [0, 0.1) is 5.92 Å². The van der Waals surface area contributed by atoms with Gasteiger partial charge in [-0.1, -0.05) is 87.3 Å².